The fourth-order valence-electron chi connectivity index (χ4n) is 3.18. The topological polar surface area (TPSA) is 63.7 Å². The van der Waals surface area contributed by atoms with E-state index in [0.717, 1.165) is 5.56 Å². The number of imide groups is 1. The van der Waals surface area contributed by atoms with Crippen LogP contribution in [0.1, 0.15) is 18.4 Å². The number of fused-ring (bicyclic) bond motifs is 1. The molecule has 1 aliphatic carbocycles. The van der Waals surface area contributed by atoms with Gasteiger partial charge in [0.05, 0.1) is 24.8 Å². The summed E-state index contributed by atoms with van der Waals surface area (Å²) in [6, 6.07) is 9.27. The fraction of sp³-hybridized carbons (Fsp3) is 0.389. The van der Waals surface area contributed by atoms with E-state index >= 15 is 0 Å². The summed E-state index contributed by atoms with van der Waals surface area (Å²) >= 11 is 5.98. The van der Waals surface area contributed by atoms with Crippen molar-refractivity contribution in [3.8, 4) is 0 Å². The summed E-state index contributed by atoms with van der Waals surface area (Å²) in [6.45, 7) is 0.118. The van der Waals surface area contributed by atoms with Gasteiger partial charge in [-0.15, -0.1) is 0 Å². The average molecular weight is 348 g/mol. The summed E-state index contributed by atoms with van der Waals surface area (Å²) in [5.74, 6) is -1.46. The van der Waals surface area contributed by atoms with Gasteiger partial charge in [-0.3, -0.25) is 19.3 Å². The number of benzene rings is 1. The smallest absolute Gasteiger partial charge is 0.310 e. The van der Waals surface area contributed by atoms with E-state index in [1.54, 1.807) is 6.08 Å². The Kier molecular flexibility index (Phi) is 5.00. The first-order valence-electron chi connectivity index (χ1n) is 7.95. The molecule has 0 unspecified atom stereocenters. The van der Waals surface area contributed by atoms with Crippen LogP contribution in [0.2, 0.25) is 0 Å². The molecule has 1 aliphatic heterocycles. The van der Waals surface area contributed by atoms with Gasteiger partial charge in [-0.2, -0.15) is 0 Å². The van der Waals surface area contributed by atoms with Crippen LogP contribution in [0.25, 0.3) is 0 Å². The highest BCUT2D eigenvalue weighted by Gasteiger charge is 2.48. The highest BCUT2D eigenvalue weighted by Crippen LogP contribution is 2.38. The third kappa shape index (κ3) is 3.51. The molecule has 0 radical (unpaired) electrons. The van der Waals surface area contributed by atoms with E-state index in [4.69, 9.17) is 16.3 Å². The number of allylic oxidation sites excluding steroid dienone is 2. The summed E-state index contributed by atoms with van der Waals surface area (Å²) in [5.41, 5.74) is 0.863. The highest BCUT2D eigenvalue weighted by molar-refractivity contribution is 6.30. The molecule has 5 nitrogen and oxygen atoms in total. The van der Waals surface area contributed by atoms with Crippen molar-refractivity contribution < 1.29 is 19.1 Å². The normalized spacial score (nSPS) is 23.0. The molecular weight excluding hydrogens is 330 g/mol. The first-order valence-corrected chi connectivity index (χ1v) is 8.33. The lowest BCUT2D eigenvalue weighted by atomic mass is 9.85. The SMILES string of the molecule is O=C(Cc1ccccc1)OCCN1C(=O)[C@H]2CC(Cl)=CC[C@H]2C1=O. The Balaban J connectivity index is 1.49. The molecule has 6 heteroatoms. The molecule has 1 saturated heterocycles. The third-order valence-electron chi connectivity index (χ3n) is 4.43. The van der Waals surface area contributed by atoms with Gasteiger partial charge in [0.1, 0.15) is 6.61 Å². The molecule has 24 heavy (non-hydrogen) atoms. The number of halogens is 1. The lowest BCUT2D eigenvalue weighted by Gasteiger charge is -2.17. The van der Waals surface area contributed by atoms with E-state index in [0.29, 0.717) is 17.9 Å². The van der Waals surface area contributed by atoms with Gasteiger partial charge >= 0.3 is 5.97 Å². The first-order chi connectivity index (χ1) is 11.6. The summed E-state index contributed by atoms with van der Waals surface area (Å²) in [5, 5.41) is 0.633. The number of rotatable bonds is 5. The van der Waals surface area contributed by atoms with Crippen LogP contribution in [0.3, 0.4) is 0 Å². The zero-order valence-corrected chi connectivity index (χ0v) is 13.9. The molecule has 126 valence electrons. The highest BCUT2D eigenvalue weighted by atomic mass is 35.5. The molecule has 1 aromatic rings. The lowest BCUT2D eigenvalue weighted by Crippen LogP contribution is -2.34. The number of nitrogens with zero attached hydrogens (tertiary/aromatic N) is 1. The van der Waals surface area contributed by atoms with Gasteiger partial charge in [-0.05, 0) is 18.4 Å². The molecule has 2 atom stereocenters. The van der Waals surface area contributed by atoms with E-state index in [1.807, 2.05) is 30.3 Å². The van der Waals surface area contributed by atoms with E-state index in [9.17, 15) is 14.4 Å². The monoisotopic (exact) mass is 347 g/mol. The van der Waals surface area contributed by atoms with Crippen LogP contribution in [0, 0.1) is 11.8 Å². The Hall–Kier alpha value is -2.14. The summed E-state index contributed by atoms with van der Waals surface area (Å²) in [4.78, 5) is 37.7. The number of carbonyl (C=O) groups is 3. The Morgan fingerprint density at radius 2 is 1.88 bits per heavy atom. The quantitative estimate of drug-likeness (QED) is 0.605. The number of likely N-dealkylation sites (tertiary alicyclic amines) is 1. The predicted octanol–water partition coefficient (Wildman–Crippen LogP) is 2.29. The van der Waals surface area contributed by atoms with Gasteiger partial charge in [-0.25, -0.2) is 0 Å². The van der Waals surface area contributed by atoms with Crippen LogP contribution in [0.15, 0.2) is 41.4 Å². The van der Waals surface area contributed by atoms with Crippen molar-refractivity contribution in [1.29, 1.82) is 0 Å². The second-order valence-corrected chi connectivity index (χ2v) is 6.50. The summed E-state index contributed by atoms with van der Waals surface area (Å²) in [6.07, 6.45) is 2.89. The number of esters is 1. The molecule has 1 fully saturated rings. The standard InChI is InChI=1S/C18H18ClNO4/c19-13-6-7-14-15(11-13)18(23)20(17(14)22)8-9-24-16(21)10-12-4-2-1-3-5-12/h1-6,14-15H,7-11H2/t14-,15+/m1/s1. The third-order valence-corrected chi connectivity index (χ3v) is 4.74. The summed E-state index contributed by atoms with van der Waals surface area (Å²) < 4.78 is 5.15. The van der Waals surface area contributed by atoms with E-state index in [2.05, 4.69) is 0 Å². The lowest BCUT2D eigenvalue weighted by molar-refractivity contribution is -0.148. The average Bonchev–Trinajstić information content (AvgIpc) is 2.80. The van der Waals surface area contributed by atoms with E-state index < -0.39 is 0 Å². The second-order valence-electron chi connectivity index (χ2n) is 6.01. The van der Waals surface area contributed by atoms with Gasteiger partial charge in [-0.1, -0.05) is 48.0 Å². The maximum absolute atomic E-state index is 12.3. The second kappa shape index (κ2) is 7.18. The number of hydrogen-bond acceptors (Lipinski definition) is 4. The molecule has 2 aliphatic rings. The van der Waals surface area contributed by atoms with Crippen molar-refractivity contribution in [2.24, 2.45) is 11.8 Å². The maximum atomic E-state index is 12.3. The van der Waals surface area contributed by atoms with Crippen LogP contribution < -0.4 is 0 Å². The van der Waals surface area contributed by atoms with Gasteiger partial charge in [0, 0.05) is 5.03 Å². The number of hydrogen-bond donors (Lipinski definition) is 0. The maximum Gasteiger partial charge on any atom is 0.310 e. The molecule has 0 bridgehead atoms. The Labute approximate surface area is 145 Å². The van der Waals surface area contributed by atoms with Crippen molar-refractivity contribution in [3.63, 3.8) is 0 Å². The van der Waals surface area contributed by atoms with Gasteiger partial charge in [0.2, 0.25) is 11.8 Å². The summed E-state index contributed by atoms with van der Waals surface area (Å²) in [7, 11) is 0. The first kappa shape index (κ1) is 16.7. The van der Waals surface area contributed by atoms with Crippen molar-refractivity contribution >= 4 is 29.4 Å². The number of amides is 2. The predicted molar refractivity (Wildman–Crippen MR) is 88.0 cm³/mol. The molecule has 0 spiro atoms. The zero-order chi connectivity index (χ0) is 17.1. The van der Waals surface area contributed by atoms with Crippen LogP contribution in [-0.2, 0) is 25.5 Å². The minimum absolute atomic E-state index is 0.0176. The van der Waals surface area contributed by atoms with E-state index in [1.165, 1.54) is 4.90 Å². The number of carbonyl (C=O) groups excluding carboxylic acids is 3. The number of ether oxygens (including phenoxy) is 1. The van der Waals surface area contributed by atoms with Crippen LogP contribution in [0.5, 0.6) is 0 Å². The molecule has 3 rings (SSSR count). The zero-order valence-electron chi connectivity index (χ0n) is 13.1. The molecule has 0 saturated carbocycles. The largest absolute Gasteiger partial charge is 0.464 e. The van der Waals surface area contributed by atoms with Gasteiger partial charge in [0.25, 0.3) is 0 Å². The van der Waals surface area contributed by atoms with Crippen molar-refractivity contribution in [2.45, 2.75) is 19.3 Å². The van der Waals surface area contributed by atoms with Crippen molar-refractivity contribution in [3.05, 3.63) is 47.0 Å². The van der Waals surface area contributed by atoms with Crippen LogP contribution >= 0.6 is 11.6 Å². The van der Waals surface area contributed by atoms with Crippen LogP contribution in [0.4, 0.5) is 0 Å². The molecule has 2 amide bonds. The van der Waals surface area contributed by atoms with Crippen molar-refractivity contribution in [2.75, 3.05) is 13.2 Å². The fourth-order valence-corrected chi connectivity index (χ4v) is 3.44. The van der Waals surface area contributed by atoms with E-state index in [-0.39, 0.29) is 49.2 Å². The molecule has 1 heterocycles. The molecule has 0 aromatic heterocycles. The van der Waals surface area contributed by atoms with Crippen molar-refractivity contribution in [1.82, 2.24) is 4.90 Å². The van der Waals surface area contributed by atoms with Gasteiger partial charge < -0.3 is 4.74 Å². The van der Waals surface area contributed by atoms with Crippen LogP contribution in [-0.4, -0.2) is 35.8 Å². The Morgan fingerprint density at radius 3 is 2.62 bits per heavy atom. The molecular formula is C18H18ClNO4. The van der Waals surface area contributed by atoms with Gasteiger partial charge in [0.15, 0.2) is 0 Å². The Bertz CT molecular complexity index is 686. The molecule has 1 aromatic carbocycles. The molecule has 0 N–H and O–H groups in total. The Morgan fingerprint density at radius 1 is 1.17 bits per heavy atom. The minimum Gasteiger partial charge on any atom is -0.464 e. The minimum atomic E-state index is -0.373.